The van der Waals surface area contributed by atoms with Crippen molar-refractivity contribution in [3.8, 4) is 11.1 Å². The molecule has 0 aliphatic carbocycles. The standard InChI is InChI=1S/C29H35F3N4/c1-5-8-13-17-33-28(26-18-25(21-34-22(26)4)24-14-11-10-12-15-24)36-20-23(7-3)19-35-27(16-9-6-2)29(30,31)32/h7,10-19,21H,5-6,8-9,20H2,1-4H3,(H,33,36)/b17-13+,23-7+,27-16+,35-19+. The van der Waals surface area contributed by atoms with E-state index in [4.69, 9.17) is 4.99 Å². The molecule has 0 amide bonds. The third-order valence-corrected chi connectivity index (χ3v) is 5.32. The number of pyridine rings is 1. The number of alkyl halides is 3. The van der Waals surface area contributed by atoms with E-state index in [0.29, 0.717) is 24.3 Å². The lowest BCUT2D eigenvalue weighted by molar-refractivity contribution is -0.0925. The van der Waals surface area contributed by atoms with E-state index in [1.807, 2.05) is 68.7 Å². The number of allylic oxidation sites excluding steroid dienone is 4. The van der Waals surface area contributed by atoms with Crippen LogP contribution in [-0.4, -0.2) is 29.8 Å². The highest BCUT2D eigenvalue weighted by Gasteiger charge is 2.33. The second kappa shape index (κ2) is 14.8. The fourth-order valence-corrected chi connectivity index (χ4v) is 3.21. The Bertz CT molecular complexity index is 1110. The van der Waals surface area contributed by atoms with E-state index in [9.17, 15) is 13.2 Å². The minimum atomic E-state index is -4.49. The maximum Gasteiger partial charge on any atom is 0.433 e. The smallest absolute Gasteiger partial charge is 0.347 e. The van der Waals surface area contributed by atoms with Gasteiger partial charge in [0.05, 0.1) is 6.54 Å². The Morgan fingerprint density at radius 1 is 1.06 bits per heavy atom. The van der Waals surface area contributed by atoms with Crippen molar-refractivity contribution in [1.29, 1.82) is 0 Å². The van der Waals surface area contributed by atoms with E-state index >= 15 is 0 Å². The Kier molecular flexibility index (Phi) is 11.8. The third kappa shape index (κ3) is 9.29. The number of hydrogen-bond acceptors (Lipinski definition) is 3. The summed E-state index contributed by atoms with van der Waals surface area (Å²) >= 11 is 0. The van der Waals surface area contributed by atoms with Crippen molar-refractivity contribution in [1.82, 2.24) is 10.3 Å². The van der Waals surface area contributed by atoms with Gasteiger partial charge in [0.2, 0.25) is 0 Å². The minimum Gasteiger partial charge on any atom is -0.347 e. The minimum absolute atomic E-state index is 0.165. The summed E-state index contributed by atoms with van der Waals surface area (Å²) in [6, 6.07) is 12.0. The number of rotatable bonds is 11. The molecule has 4 nitrogen and oxygen atoms in total. The van der Waals surface area contributed by atoms with Crippen LogP contribution < -0.4 is 5.32 Å². The Morgan fingerprint density at radius 2 is 1.78 bits per heavy atom. The highest BCUT2D eigenvalue weighted by Crippen LogP contribution is 2.27. The molecule has 0 atom stereocenters. The zero-order valence-electron chi connectivity index (χ0n) is 21.4. The molecule has 192 valence electrons. The van der Waals surface area contributed by atoms with E-state index in [0.717, 1.165) is 41.3 Å². The quantitative estimate of drug-likeness (QED) is 0.253. The Labute approximate surface area is 212 Å². The van der Waals surface area contributed by atoms with Gasteiger partial charge in [-0.3, -0.25) is 15.0 Å². The van der Waals surface area contributed by atoms with Gasteiger partial charge in [0.15, 0.2) is 0 Å². The molecular formula is C29H35F3N4. The van der Waals surface area contributed by atoms with Crippen LogP contribution in [0.2, 0.25) is 0 Å². The second-order valence-electron chi connectivity index (χ2n) is 8.22. The molecule has 0 radical (unpaired) electrons. The van der Waals surface area contributed by atoms with Crippen LogP contribution in [0.4, 0.5) is 13.2 Å². The first kappa shape index (κ1) is 28.8. The zero-order chi connectivity index (χ0) is 26.4. The predicted octanol–water partition coefficient (Wildman–Crippen LogP) is 7.97. The first-order valence-electron chi connectivity index (χ1n) is 12.2. The zero-order valence-corrected chi connectivity index (χ0v) is 21.4. The van der Waals surface area contributed by atoms with Crippen molar-refractivity contribution in [2.75, 3.05) is 6.54 Å². The van der Waals surface area contributed by atoms with Crippen LogP contribution in [0.1, 0.15) is 57.7 Å². The maximum absolute atomic E-state index is 13.3. The number of aryl methyl sites for hydroxylation is 1. The molecule has 1 aromatic heterocycles. The highest BCUT2D eigenvalue weighted by molar-refractivity contribution is 6.01. The number of halogens is 3. The summed E-state index contributed by atoms with van der Waals surface area (Å²) in [5.74, 6) is 0.593. The number of aromatic nitrogens is 1. The number of nitrogens with one attached hydrogen (secondary N) is 1. The molecule has 0 fully saturated rings. The Morgan fingerprint density at radius 3 is 2.42 bits per heavy atom. The number of amidine groups is 1. The van der Waals surface area contributed by atoms with Gasteiger partial charge in [0.25, 0.3) is 0 Å². The van der Waals surface area contributed by atoms with Crippen LogP contribution >= 0.6 is 0 Å². The van der Waals surface area contributed by atoms with E-state index in [1.54, 1.807) is 13.0 Å². The summed E-state index contributed by atoms with van der Waals surface area (Å²) in [4.78, 5) is 13.0. The van der Waals surface area contributed by atoms with Crippen LogP contribution in [0, 0.1) is 6.92 Å². The molecular weight excluding hydrogens is 461 g/mol. The van der Waals surface area contributed by atoms with Crippen LogP contribution in [-0.2, 0) is 0 Å². The SMILES string of the molecule is C\C=C(/C=N/C(=C/CCC)C(F)(F)F)CN=C(N/C=C/CCC)c1cc(-c2ccccc2)cnc1C. The summed E-state index contributed by atoms with van der Waals surface area (Å²) in [5, 5.41) is 3.25. The summed E-state index contributed by atoms with van der Waals surface area (Å²) in [7, 11) is 0. The average Bonchev–Trinajstić information content (AvgIpc) is 2.87. The molecule has 36 heavy (non-hydrogen) atoms. The highest BCUT2D eigenvalue weighted by atomic mass is 19.4. The lowest BCUT2D eigenvalue weighted by Crippen LogP contribution is -2.21. The van der Waals surface area contributed by atoms with Crippen molar-refractivity contribution in [2.24, 2.45) is 9.98 Å². The third-order valence-electron chi connectivity index (χ3n) is 5.32. The van der Waals surface area contributed by atoms with E-state index in [-0.39, 0.29) is 6.54 Å². The molecule has 0 saturated heterocycles. The van der Waals surface area contributed by atoms with E-state index < -0.39 is 11.9 Å². The molecule has 0 aliphatic heterocycles. The lowest BCUT2D eigenvalue weighted by Gasteiger charge is -2.12. The molecule has 0 saturated carbocycles. The molecule has 0 unspecified atom stereocenters. The van der Waals surface area contributed by atoms with Crippen molar-refractivity contribution >= 4 is 12.1 Å². The van der Waals surface area contributed by atoms with Crippen LogP contribution in [0.3, 0.4) is 0 Å². The van der Waals surface area contributed by atoms with Gasteiger partial charge in [-0.15, -0.1) is 0 Å². The number of unbranched alkanes of at least 4 members (excludes halogenated alkanes) is 2. The summed E-state index contributed by atoms with van der Waals surface area (Å²) < 4.78 is 39.9. The molecule has 7 heteroatoms. The predicted molar refractivity (Wildman–Crippen MR) is 144 cm³/mol. The molecule has 1 aromatic carbocycles. The fraction of sp³-hybridized carbons (Fsp3) is 0.345. The molecule has 1 heterocycles. The first-order chi connectivity index (χ1) is 17.3. The average molecular weight is 497 g/mol. The number of hydrogen-bond donors (Lipinski definition) is 1. The normalized spacial score (nSPS) is 13.7. The van der Waals surface area contributed by atoms with Gasteiger partial charge < -0.3 is 5.32 Å². The van der Waals surface area contributed by atoms with Crippen LogP contribution in [0.5, 0.6) is 0 Å². The summed E-state index contributed by atoms with van der Waals surface area (Å²) in [5.41, 5.74) is 3.29. The van der Waals surface area contributed by atoms with Crippen molar-refractivity contribution < 1.29 is 13.2 Å². The van der Waals surface area contributed by atoms with Crippen molar-refractivity contribution in [3.63, 3.8) is 0 Å². The van der Waals surface area contributed by atoms with E-state index in [2.05, 4.69) is 22.2 Å². The van der Waals surface area contributed by atoms with Gasteiger partial charge in [-0.2, -0.15) is 13.2 Å². The van der Waals surface area contributed by atoms with Gasteiger partial charge in [0.1, 0.15) is 11.5 Å². The van der Waals surface area contributed by atoms with Crippen molar-refractivity contribution in [3.05, 3.63) is 89.6 Å². The second-order valence-corrected chi connectivity index (χ2v) is 8.22. The number of nitrogens with zero attached hydrogens (tertiary/aromatic N) is 3. The Balaban J connectivity index is 2.39. The molecule has 2 rings (SSSR count). The van der Waals surface area contributed by atoms with Gasteiger partial charge in [0, 0.05) is 29.2 Å². The largest absolute Gasteiger partial charge is 0.433 e. The van der Waals surface area contributed by atoms with Gasteiger partial charge in [-0.1, -0.05) is 75.2 Å². The molecule has 0 bridgehead atoms. The van der Waals surface area contributed by atoms with Crippen LogP contribution in [0.25, 0.3) is 11.1 Å². The lowest BCUT2D eigenvalue weighted by atomic mass is 10.0. The summed E-state index contributed by atoms with van der Waals surface area (Å²) in [6.07, 6.45) is 8.15. The van der Waals surface area contributed by atoms with Crippen LogP contribution in [0.15, 0.2) is 88.3 Å². The summed E-state index contributed by atoms with van der Waals surface area (Å²) in [6.45, 7) is 7.75. The number of benzene rings is 1. The topological polar surface area (TPSA) is 49.6 Å². The van der Waals surface area contributed by atoms with Gasteiger partial charge in [-0.05, 0) is 50.1 Å². The maximum atomic E-state index is 13.3. The number of aliphatic imine (C=N–C) groups is 2. The molecule has 2 aromatic rings. The Hall–Kier alpha value is -3.48. The molecule has 0 spiro atoms. The fourth-order valence-electron chi connectivity index (χ4n) is 3.21. The molecule has 0 aliphatic rings. The van der Waals surface area contributed by atoms with Gasteiger partial charge >= 0.3 is 6.18 Å². The van der Waals surface area contributed by atoms with E-state index in [1.165, 1.54) is 6.21 Å². The molecule has 1 N–H and O–H groups in total. The monoisotopic (exact) mass is 496 g/mol. The van der Waals surface area contributed by atoms with Crippen molar-refractivity contribution in [2.45, 2.75) is 59.6 Å². The van der Waals surface area contributed by atoms with Gasteiger partial charge in [-0.25, -0.2) is 0 Å². The first-order valence-corrected chi connectivity index (χ1v) is 12.2.